The summed E-state index contributed by atoms with van der Waals surface area (Å²) >= 11 is 0. The highest BCUT2D eigenvalue weighted by Crippen LogP contribution is 2.41. The third kappa shape index (κ3) is 4.77. The fraction of sp³-hybridized carbons (Fsp3) is 0.435. The number of benzene rings is 2. The van der Waals surface area contributed by atoms with Crippen molar-refractivity contribution in [1.29, 1.82) is 0 Å². The molecule has 0 spiro atoms. The predicted molar refractivity (Wildman–Crippen MR) is 109 cm³/mol. The Hall–Kier alpha value is -2.69. The summed E-state index contributed by atoms with van der Waals surface area (Å²) in [6.45, 7) is 8.30. The van der Waals surface area contributed by atoms with Crippen LogP contribution in [0.25, 0.3) is 0 Å². The van der Waals surface area contributed by atoms with Crippen LogP contribution in [0.2, 0.25) is 0 Å². The van der Waals surface area contributed by atoms with E-state index in [1.807, 2.05) is 56.3 Å². The van der Waals surface area contributed by atoms with E-state index in [1.165, 1.54) is 5.56 Å². The Balaban J connectivity index is 1.65. The quantitative estimate of drug-likeness (QED) is 0.791. The maximum Gasteiger partial charge on any atom is 0.258 e. The summed E-state index contributed by atoms with van der Waals surface area (Å²) in [4.78, 5) is 12.5. The van der Waals surface area contributed by atoms with E-state index in [9.17, 15) is 4.79 Å². The lowest BCUT2D eigenvalue weighted by Gasteiger charge is -2.38. The van der Waals surface area contributed by atoms with Crippen molar-refractivity contribution in [3.05, 3.63) is 53.6 Å². The topological polar surface area (TPSA) is 56.8 Å². The number of methoxy groups -OCH3 is 1. The Kier molecular flexibility index (Phi) is 5.82. The lowest BCUT2D eigenvalue weighted by atomic mass is 9.89. The van der Waals surface area contributed by atoms with Crippen LogP contribution in [0.5, 0.6) is 17.2 Å². The molecule has 0 radical (unpaired) electrons. The minimum absolute atomic E-state index is 0.0235. The van der Waals surface area contributed by atoms with Gasteiger partial charge in [0.05, 0.1) is 13.2 Å². The molecule has 1 heterocycles. The molecule has 0 unspecified atom stereocenters. The van der Waals surface area contributed by atoms with Crippen molar-refractivity contribution in [3.63, 3.8) is 0 Å². The molecule has 1 atom stereocenters. The van der Waals surface area contributed by atoms with Crippen LogP contribution in [0.1, 0.15) is 57.2 Å². The maximum absolute atomic E-state index is 12.5. The summed E-state index contributed by atoms with van der Waals surface area (Å²) in [5.41, 5.74) is 1.81. The number of carbonyl (C=O) groups is 1. The highest BCUT2D eigenvalue weighted by Gasteiger charge is 2.34. The smallest absolute Gasteiger partial charge is 0.258 e. The number of rotatable bonds is 6. The zero-order valence-electron chi connectivity index (χ0n) is 17.2. The van der Waals surface area contributed by atoms with E-state index in [-0.39, 0.29) is 24.2 Å². The lowest BCUT2D eigenvalue weighted by Crippen LogP contribution is -2.42. The Labute approximate surface area is 167 Å². The highest BCUT2D eigenvalue weighted by atomic mass is 16.5. The van der Waals surface area contributed by atoms with Crippen molar-refractivity contribution < 1.29 is 19.0 Å². The second-order valence-electron chi connectivity index (χ2n) is 8.10. The van der Waals surface area contributed by atoms with E-state index >= 15 is 0 Å². The fourth-order valence-electron chi connectivity index (χ4n) is 3.42. The van der Waals surface area contributed by atoms with Crippen LogP contribution in [-0.2, 0) is 4.79 Å². The van der Waals surface area contributed by atoms with E-state index in [2.05, 4.69) is 19.2 Å². The van der Waals surface area contributed by atoms with E-state index in [4.69, 9.17) is 14.2 Å². The molecule has 0 aliphatic carbocycles. The summed E-state index contributed by atoms with van der Waals surface area (Å²) in [6, 6.07) is 13.4. The zero-order valence-corrected chi connectivity index (χ0v) is 17.2. The molecule has 0 aromatic heterocycles. The maximum atomic E-state index is 12.5. The molecule has 1 N–H and O–H groups in total. The zero-order chi connectivity index (χ0) is 20.3. The standard InChI is InChI=1S/C23H29NO4/c1-15(2)16-6-8-17(9-7-16)27-14-22(25)24-20-13-23(3,4)28-21-12-18(26-5)10-11-19(20)21/h6-12,15,20H,13-14H2,1-5H3,(H,24,25)/t20-/m0/s1. The van der Waals surface area contributed by atoms with Gasteiger partial charge in [-0.3, -0.25) is 4.79 Å². The molecule has 5 heteroatoms. The molecule has 28 heavy (non-hydrogen) atoms. The molecule has 0 bridgehead atoms. The number of carbonyl (C=O) groups excluding carboxylic acids is 1. The van der Waals surface area contributed by atoms with Gasteiger partial charge in [0, 0.05) is 18.1 Å². The Bertz CT molecular complexity index is 827. The van der Waals surface area contributed by atoms with Gasteiger partial charge in [-0.25, -0.2) is 0 Å². The minimum atomic E-state index is -0.384. The Morgan fingerprint density at radius 3 is 2.50 bits per heavy atom. The average molecular weight is 383 g/mol. The van der Waals surface area contributed by atoms with Gasteiger partial charge in [-0.1, -0.05) is 26.0 Å². The van der Waals surface area contributed by atoms with Gasteiger partial charge in [-0.15, -0.1) is 0 Å². The first-order valence-electron chi connectivity index (χ1n) is 9.66. The molecular weight excluding hydrogens is 354 g/mol. The molecule has 0 saturated carbocycles. The van der Waals surface area contributed by atoms with E-state index in [1.54, 1.807) is 7.11 Å². The van der Waals surface area contributed by atoms with Crippen molar-refractivity contribution in [2.75, 3.05) is 13.7 Å². The predicted octanol–water partition coefficient (Wildman–Crippen LogP) is 4.62. The number of amides is 1. The highest BCUT2D eigenvalue weighted by molar-refractivity contribution is 5.78. The van der Waals surface area contributed by atoms with Crippen LogP contribution < -0.4 is 19.5 Å². The Morgan fingerprint density at radius 1 is 1.18 bits per heavy atom. The monoisotopic (exact) mass is 383 g/mol. The normalized spacial score (nSPS) is 17.4. The second kappa shape index (κ2) is 8.13. The van der Waals surface area contributed by atoms with Crippen molar-refractivity contribution >= 4 is 5.91 Å². The van der Waals surface area contributed by atoms with Crippen molar-refractivity contribution in [2.45, 2.75) is 51.7 Å². The summed E-state index contributed by atoms with van der Waals surface area (Å²) < 4.78 is 17.0. The molecule has 0 saturated heterocycles. The van der Waals surface area contributed by atoms with Crippen molar-refractivity contribution in [1.82, 2.24) is 5.32 Å². The second-order valence-corrected chi connectivity index (χ2v) is 8.10. The van der Waals surface area contributed by atoms with Crippen LogP contribution in [0, 0.1) is 0 Å². The summed E-state index contributed by atoms with van der Waals surface area (Å²) in [6.07, 6.45) is 0.682. The van der Waals surface area contributed by atoms with Gasteiger partial charge >= 0.3 is 0 Å². The van der Waals surface area contributed by atoms with Gasteiger partial charge in [0.2, 0.25) is 0 Å². The molecule has 1 amide bonds. The summed E-state index contributed by atoms with van der Waals surface area (Å²) in [7, 11) is 1.62. The number of ether oxygens (including phenoxy) is 3. The molecule has 1 aliphatic heterocycles. The molecule has 150 valence electrons. The summed E-state index contributed by atoms with van der Waals surface area (Å²) in [5.74, 6) is 2.48. The largest absolute Gasteiger partial charge is 0.497 e. The van der Waals surface area contributed by atoms with Crippen LogP contribution in [-0.4, -0.2) is 25.2 Å². The van der Waals surface area contributed by atoms with Gasteiger partial charge in [0.1, 0.15) is 22.8 Å². The minimum Gasteiger partial charge on any atom is -0.497 e. The van der Waals surface area contributed by atoms with Gasteiger partial charge in [-0.2, -0.15) is 0 Å². The Morgan fingerprint density at radius 2 is 1.86 bits per heavy atom. The van der Waals surface area contributed by atoms with Crippen LogP contribution in [0.4, 0.5) is 0 Å². The fourth-order valence-corrected chi connectivity index (χ4v) is 3.42. The molecular formula is C23H29NO4. The van der Waals surface area contributed by atoms with Crippen LogP contribution in [0.15, 0.2) is 42.5 Å². The molecule has 2 aromatic carbocycles. The first-order valence-corrected chi connectivity index (χ1v) is 9.66. The first kappa shape index (κ1) is 20.1. The van der Waals surface area contributed by atoms with E-state index in [0.717, 1.165) is 17.1 Å². The molecule has 1 aliphatic rings. The van der Waals surface area contributed by atoms with Gasteiger partial charge in [0.25, 0.3) is 5.91 Å². The lowest BCUT2D eigenvalue weighted by molar-refractivity contribution is -0.124. The number of hydrogen-bond donors (Lipinski definition) is 1. The first-order chi connectivity index (χ1) is 13.3. The van der Waals surface area contributed by atoms with Gasteiger partial charge < -0.3 is 19.5 Å². The van der Waals surface area contributed by atoms with Gasteiger partial charge in [-0.05, 0) is 49.6 Å². The molecule has 5 nitrogen and oxygen atoms in total. The third-order valence-corrected chi connectivity index (χ3v) is 4.93. The number of nitrogens with one attached hydrogen (secondary N) is 1. The van der Waals surface area contributed by atoms with Crippen molar-refractivity contribution in [2.24, 2.45) is 0 Å². The van der Waals surface area contributed by atoms with E-state index in [0.29, 0.717) is 18.1 Å². The average Bonchev–Trinajstić information content (AvgIpc) is 2.65. The molecule has 0 fully saturated rings. The van der Waals surface area contributed by atoms with Crippen LogP contribution in [0.3, 0.4) is 0 Å². The number of fused-ring (bicyclic) bond motifs is 1. The SMILES string of the molecule is COc1ccc2c(c1)OC(C)(C)C[C@@H]2NC(=O)COc1ccc(C(C)C)cc1. The van der Waals surface area contributed by atoms with Gasteiger partial charge in [0.15, 0.2) is 6.61 Å². The van der Waals surface area contributed by atoms with E-state index < -0.39 is 0 Å². The molecule has 2 aromatic rings. The van der Waals surface area contributed by atoms with Crippen molar-refractivity contribution in [3.8, 4) is 17.2 Å². The summed E-state index contributed by atoms with van der Waals surface area (Å²) in [5, 5.41) is 3.08. The van der Waals surface area contributed by atoms with Crippen LogP contribution >= 0.6 is 0 Å². The third-order valence-electron chi connectivity index (χ3n) is 4.93. The molecule has 3 rings (SSSR count). The number of hydrogen-bond acceptors (Lipinski definition) is 4.